The van der Waals surface area contributed by atoms with Gasteiger partial charge < -0.3 is 14.8 Å². The van der Waals surface area contributed by atoms with Gasteiger partial charge in [0.15, 0.2) is 6.10 Å². The molecule has 7 heteroatoms. The minimum Gasteiger partial charge on any atom is -0.463 e. The molecule has 126 valence electrons. The van der Waals surface area contributed by atoms with Gasteiger partial charge in [-0.05, 0) is 33.2 Å². The molecular formula is C16H22N2O5. The van der Waals surface area contributed by atoms with Crippen molar-refractivity contribution in [3.05, 3.63) is 35.9 Å². The van der Waals surface area contributed by atoms with Gasteiger partial charge >= 0.3 is 11.9 Å². The number of hydrogen-bond acceptors (Lipinski definition) is 6. The van der Waals surface area contributed by atoms with E-state index in [1.54, 1.807) is 49.3 Å². The molecule has 1 aromatic carbocycles. The molecule has 1 rings (SSSR count). The summed E-state index contributed by atoms with van der Waals surface area (Å²) in [7, 11) is 3.51. The van der Waals surface area contributed by atoms with Gasteiger partial charge in [-0.3, -0.25) is 14.5 Å². The molecule has 0 bridgehead atoms. The second-order valence-electron chi connectivity index (χ2n) is 5.16. The van der Waals surface area contributed by atoms with E-state index in [2.05, 4.69) is 5.32 Å². The average Bonchev–Trinajstić information content (AvgIpc) is 2.51. The maximum atomic E-state index is 11.8. The lowest BCUT2D eigenvalue weighted by atomic mass is 10.2. The predicted octanol–water partition coefficient (Wildman–Crippen LogP) is 0.453. The summed E-state index contributed by atoms with van der Waals surface area (Å²) >= 11 is 0. The lowest BCUT2D eigenvalue weighted by Gasteiger charge is -2.14. The van der Waals surface area contributed by atoms with Crippen LogP contribution in [-0.2, 0) is 19.1 Å². The fraction of sp³-hybridized carbons (Fsp3) is 0.438. The highest BCUT2D eigenvalue weighted by atomic mass is 16.5. The number of nitrogens with zero attached hydrogens (tertiary/aromatic N) is 1. The second-order valence-corrected chi connectivity index (χ2v) is 5.16. The number of benzene rings is 1. The van der Waals surface area contributed by atoms with E-state index < -0.39 is 18.0 Å². The summed E-state index contributed by atoms with van der Waals surface area (Å²) in [5.41, 5.74) is 0.379. The number of ether oxygens (including phenoxy) is 2. The molecule has 1 aromatic rings. The van der Waals surface area contributed by atoms with Crippen molar-refractivity contribution in [1.29, 1.82) is 0 Å². The smallest absolute Gasteiger partial charge is 0.338 e. The van der Waals surface area contributed by atoms with E-state index in [1.165, 1.54) is 6.92 Å². The standard InChI is InChI=1S/C16H22N2O5/c1-12(23-16(21)13-7-5-4-6-8-13)15(20)17-9-10-22-14(19)11-18(2)3/h4-8,12H,9-11H2,1-3H3,(H,17,20). The van der Waals surface area contributed by atoms with Gasteiger partial charge in [-0.1, -0.05) is 18.2 Å². The van der Waals surface area contributed by atoms with Crippen LogP contribution in [-0.4, -0.2) is 62.6 Å². The lowest BCUT2D eigenvalue weighted by molar-refractivity contribution is -0.144. The first-order valence-corrected chi connectivity index (χ1v) is 7.24. The molecule has 0 radical (unpaired) electrons. The third-order valence-corrected chi connectivity index (χ3v) is 2.77. The van der Waals surface area contributed by atoms with Crippen LogP contribution in [0.4, 0.5) is 0 Å². The maximum absolute atomic E-state index is 11.8. The topological polar surface area (TPSA) is 84.9 Å². The second kappa shape index (κ2) is 9.58. The fourth-order valence-corrected chi connectivity index (χ4v) is 1.64. The number of carbonyl (C=O) groups excluding carboxylic acids is 3. The Morgan fingerprint density at radius 2 is 1.83 bits per heavy atom. The van der Waals surface area contributed by atoms with Gasteiger partial charge in [-0.2, -0.15) is 0 Å². The van der Waals surface area contributed by atoms with Crippen molar-refractivity contribution in [3.8, 4) is 0 Å². The van der Waals surface area contributed by atoms with Crippen LogP contribution in [0.25, 0.3) is 0 Å². The van der Waals surface area contributed by atoms with Gasteiger partial charge in [-0.15, -0.1) is 0 Å². The minimum atomic E-state index is -0.930. The number of likely N-dealkylation sites (N-methyl/N-ethyl adjacent to an activating group) is 1. The van der Waals surface area contributed by atoms with Crippen LogP contribution in [0, 0.1) is 0 Å². The molecule has 0 saturated carbocycles. The minimum absolute atomic E-state index is 0.0672. The van der Waals surface area contributed by atoms with Gasteiger partial charge in [0, 0.05) is 0 Å². The van der Waals surface area contributed by atoms with Crippen LogP contribution in [0.5, 0.6) is 0 Å². The molecule has 0 aliphatic rings. The molecule has 0 fully saturated rings. The molecule has 23 heavy (non-hydrogen) atoms. The summed E-state index contributed by atoms with van der Waals surface area (Å²) in [5, 5.41) is 2.54. The molecule has 0 aliphatic heterocycles. The molecule has 7 nitrogen and oxygen atoms in total. The van der Waals surface area contributed by atoms with E-state index in [0.717, 1.165) is 0 Å². The first-order valence-electron chi connectivity index (χ1n) is 7.24. The molecule has 0 spiro atoms. The highest BCUT2D eigenvalue weighted by Gasteiger charge is 2.18. The van der Waals surface area contributed by atoms with E-state index in [-0.39, 0.29) is 25.7 Å². The number of nitrogens with one attached hydrogen (secondary N) is 1. The van der Waals surface area contributed by atoms with Crippen LogP contribution in [0.15, 0.2) is 30.3 Å². The van der Waals surface area contributed by atoms with E-state index in [4.69, 9.17) is 9.47 Å². The molecule has 1 N–H and O–H groups in total. The van der Waals surface area contributed by atoms with Gasteiger partial charge in [0.05, 0.1) is 18.7 Å². The molecule has 1 atom stereocenters. The quantitative estimate of drug-likeness (QED) is 0.553. The van der Waals surface area contributed by atoms with Crippen molar-refractivity contribution in [2.75, 3.05) is 33.8 Å². The third-order valence-electron chi connectivity index (χ3n) is 2.77. The summed E-state index contributed by atoms with van der Waals surface area (Å²) in [6.45, 7) is 1.89. The Hall–Kier alpha value is -2.41. The summed E-state index contributed by atoms with van der Waals surface area (Å²) < 4.78 is 9.99. The van der Waals surface area contributed by atoms with Crippen molar-refractivity contribution in [2.45, 2.75) is 13.0 Å². The fourth-order valence-electron chi connectivity index (χ4n) is 1.64. The number of hydrogen-bond donors (Lipinski definition) is 1. The maximum Gasteiger partial charge on any atom is 0.338 e. The monoisotopic (exact) mass is 322 g/mol. The van der Waals surface area contributed by atoms with Gasteiger partial charge in [0.1, 0.15) is 6.61 Å². The number of amides is 1. The van der Waals surface area contributed by atoms with E-state index in [9.17, 15) is 14.4 Å². The Kier molecular flexibility index (Phi) is 7.76. The van der Waals surface area contributed by atoms with Crippen LogP contribution in [0.3, 0.4) is 0 Å². The van der Waals surface area contributed by atoms with Gasteiger partial charge in [0.2, 0.25) is 0 Å². The summed E-state index contributed by atoms with van der Waals surface area (Å²) in [5.74, 6) is -1.38. The molecule has 0 aromatic heterocycles. The SMILES string of the molecule is CC(OC(=O)c1ccccc1)C(=O)NCCOC(=O)CN(C)C. The van der Waals surface area contributed by atoms with Crippen molar-refractivity contribution >= 4 is 17.8 Å². The Morgan fingerprint density at radius 3 is 2.43 bits per heavy atom. The van der Waals surface area contributed by atoms with E-state index in [1.807, 2.05) is 0 Å². The van der Waals surface area contributed by atoms with Gasteiger partial charge in [-0.25, -0.2) is 4.79 Å². The van der Waals surface area contributed by atoms with Crippen LogP contribution in [0.2, 0.25) is 0 Å². The highest BCUT2D eigenvalue weighted by molar-refractivity contribution is 5.92. The molecule has 0 saturated heterocycles. The average molecular weight is 322 g/mol. The highest BCUT2D eigenvalue weighted by Crippen LogP contribution is 2.03. The van der Waals surface area contributed by atoms with Crippen molar-refractivity contribution in [2.24, 2.45) is 0 Å². The Morgan fingerprint density at radius 1 is 1.17 bits per heavy atom. The lowest BCUT2D eigenvalue weighted by Crippen LogP contribution is -2.38. The summed E-state index contributed by atoms with van der Waals surface area (Å²) in [4.78, 5) is 36.6. The van der Waals surface area contributed by atoms with Crippen molar-refractivity contribution in [3.63, 3.8) is 0 Å². The molecular weight excluding hydrogens is 300 g/mol. The van der Waals surface area contributed by atoms with E-state index in [0.29, 0.717) is 5.56 Å². The van der Waals surface area contributed by atoms with Gasteiger partial charge in [0.25, 0.3) is 5.91 Å². The molecule has 1 unspecified atom stereocenters. The number of rotatable bonds is 8. The van der Waals surface area contributed by atoms with Crippen molar-refractivity contribution < 1.29 is 23.9 Å². The zero-order chi connectivity index (χ0) is 17.2. The van der Waals surface area contributed by atoms with E-state index >= 15 is 0 Å². The normalized spacial score (nSPS) is 11.7. The largest absolute Gasteiger partial charge is 0.463 e. The number of carbonyl (C=O) groups is 3. The Balaban J connectivity index is 2.26. The first kappa shape index (κ1) is 18.6. The molecule has 0 aliphatic carbocycles. The predicted molar refractivity (Wildman–Crippen MR) is 83.8 cm³/mol. The number of esters is 2. The zero-order valence-electron chi connectivity index (χ0n) is 13.6. The third kappa shape index (κ3) is 7.42. The van der Waals surface area contributed by atoms with Crippen LogP contribution in [0.1, 0.15) is 17.3 Å². The summed E-state index contributed by atoms with van der Waals surface area (Å²) in [6.07, 6.45) is -0.930. The Labute approximate surface area is 135 Å². The summed E-state index contributed by atoms with van der Waals surface area (Å²) in [6, 6.07) is 8.42. The van der Waals surface area contributed by atoms with Crippen LogP contribution >= 0.6 is 0 Å². The van der Waals surface area contributed by atoms with Crippen molar-refractivity contribution in [1.82, 2.24) is 10.2 Å². The molecule has 1 amide bonds. The van der Waals surface area contributed by atoms with Crippen LogP contribution < -0.4 is 5.32 Å². The Bertz CT molecular complexity index is 531. The zero-order valence-corrected chi connectivity index (χ0v) is 13.6. The first-order chi connectivity index (χ1) is 10.9. The molecule has 0 heterocycles.